The van der Waals surface area contributed by atoms with Crippen LogP contribution in [0.3, 0.4) is 0 Å². The molecule has 0 spiro atoms. The third-order valence-corrected chi connectivity index (χ3v) is 4.84. The van der Waals surface area contributed by atoms with Crippen LogP contribution in [0.25, 0.3) is 0 Å². The number of fused-ring (bicyclic) bond motifs is 3. The molecule has 2 aliphatic heterocycles. The van der Waals surface area contributed by atoms with Gasteiger partial charge in [-0.15, -0.1) is 10.2 Å². The third-order valence-electron chi connectivity index (χ3n) is 4.84. The predicted octanol–water partition coefficient (Wildman–Crippen LogP) is 2.68. The SMILES string of the molecule is CCc1nnc2n1N=C(c1ccc([N+](=O)[O-])cc1)c1cc3c(cc1C2)OCO3. The van der Waals surface area contributed by atoms with Gasteiger partial charge in [-0.3, -0.25) is 10.1 Å². The van der Waals surface area contributed by atoms with Crippen LogP contribution in [0.2, 0.25) is 0 Å². The van der Waals surface area contributed by atoms with Gasteiger partial charge in [0.05, 0.1) is 10.6 Å². The molecule has 0 saturated carbocycles. The van der Waals surface area contributed by atoms with Gasteiger partial charge < -0.3 is 9.47 Å². The van der Waals surface area contributed by atoms with E-state index in [2.05, 4.69) is 10.2 Å². The zero-order chi connectivity index (χ0) is 19.3. The molecule has 28 heavy (non-hydrogen) atoms. The van der Waals surface area contributed by atoms with Crippen LogP contribution in [-0.2, 0) is 12.8 Å². The van der Waals surface area contributed by atoms with Crippen molar-refractivity contribution >= 4 is 11.4 Å². The number of nitrogens with zero attached hydrogens (tertiary/aromatic N) is 5. The van der Waals surface area contributed by atoms with Gasteiger partial charge in [0.2, 0.25) is 6.79 Å². The Balaban J connectivity index is 1.73. The molecule has 0 N–H and O–H groups in total. The lowest BCUT2D eigenvalue weighted by Gasteiger charge is -2.11. The van der Waals surface area contributed by atoms with Crippen LogP contribution in [0.5, 0.6) is 11.5 Å². The highest BCUT2D eigenvalue weighted by molar-refractivity contribution is 6.14. The summed E-state index contributed by atoms with van der Waals surface area (Å²) in [4.78, 5) is 10.6. The van der Waals surface area contributed by atoms with Crippen molar-refractivity contribution < 1.29 is 14.4 Å². The normalized spacial score (nSPS) is 14.1. The molecule has 140 valence electrons. The zero-order valence-electron chi connectivity index (χ0n) is 15.0. The van der Waals surface area contributed by atoms with Crippen LogP contribution >= 0.6 is 0 Å². The molecule has 0 saturated heterocycles. The summed E-state index contributed by atoms with van der Waals surface area (Å²) in [5, 5.41) is 24.3. The van der Waals surface area contributed by atoms with Crippen LogP contribution in [0.1, 0.15) is 35.3 Å². The Morgan fingerprint density at radius 1 is 1.14 bits per heavy atom. The number of rotatable bonds is 3. The molecule has 9 heteroatoms. The third kappa shape index (κ3) is 2.51. The summed E-state index contributed by atoms with van der Waals surface area (Å²) >= 11 is 0. The van der Waals surface area contributed by atoms with E-state index in [9.17, 15) is 10.1 Å². The van der Waals surface area contributed by atoms with Crippen molar-refractivity contribution in [3.05, 3.63) is 74.9 Å². The highest BCUT2D eigenvalue weighted by Gasteiger charge is 2.26. The quantitative estimate of drug-likeness (QED) is 0.401. The first kappa shape index (κ1) is 16.4. The molecule has 3 aromatic rings. The van der Waals surface area contributed by atoms with Crippen molar-refractivity contribution in [3.63, 3.8) is 0 Å². The number of aromatic nitrogens is 3. The van der Waals surface area contributed by atoms with Gasteiger partial charge in [-0.25, -0.2) is 4.68 Å². The lowest BCUT2D eigenvalue weighted by Crippen LogP contribution is -2.08. The smallest absolute Gasteiger partial charge is 0.269 e. The van der Waals surface area contributed by atoms with Crippen molar-refractivity contribution in [2.45, 2.75) is 19.8 Å². The van der Waals surface area contributed by atoms with Crippen LogP contribution in [0.4, 0.5) is 5.69 Å². The predicted molar refractivity (Wildman–Crippen MR) is 98.9 cm³/mol. The number of nitro benzene ring substituents is 1. The summed E-state index contributed by atoms with van der Waals surface area (Å²) in [7, 11) is 0. The molecule has 9 nitrogen and oxygen atoms in total. The van der Waals surface area contributed by atoms with Crippen molar-refractivity contribution in [1.29, 1.82) is 0 Å². The van der Waals surface area contributed by atoms with Gasteiger partial charge in [0.25, 0.3) is 5.69 Å². The monoisotopic (exact) mass is 377 g/mol. The number of benzene rings is 2. The molecule has 3 heterocycles. The number of non-ortho nitro benzene ring substituents is 1. The van der Waals surface area contributed by atoms with Crippen molar-refractivity contribution in [2.24, 2.45) is 5.10 Å². The fourth-order valence-electron chi connectivity index (χ4n) is 3.42. The van der Waals surface area contributed by atoms with Gasteiger partial charge in [0.15, 0.2) is 23.1 Å². The summed E-state index contributed by atoms with van der Waals surface area (Å²) in [6.07, 6.45) is 1.22. The topological polar surface area (TPSA) is 105 Å². The Hall–Kier alpha value is -3.75. The van der Waals surface area contributed by atoms with E-state index in [-0.39, 0.29) is 12.5 Å². The minimum atomic E-state index is -0.419. The molecule has 0 fully saturated rings. The first-order valence-corrected chi connectivity index (χ1v) is 8.84. The number of nitro groups is 1. The van der Waals surface area contributed by atoms with Crippen LogP contribution < -0.4 is 9.47 Å². The molecule has 0 unspecified atom stereocenters. The van der Waals surface area contributed by atoms with Gasteiger partial charge >= 0.3 is 0 Å². The Morgan fingerprint density at radius 2 is 1.89 bits per heavy atom. The minimum Gasteiger partial charge on any atom is -0.454 e. The van der Waals surface area contributed by atoms with E-state index < -0.39 is 4.92 Å². The maximum atomic E-state index is 11.0. The number of hydrogen-bond acceptors (Lipinski definition) is 7. The molecular formula is C19H15N5O4. The molecule has 2 aliphatic rings. The van der Waals surface area contributed by atoms with E-state index in [4.69, 9.17) is 14.6 Å². The summed E-state index contributed by atoms with van der Waals surface area (Å²) in [6, 6.07) is 10.2. The van der Waals surface area contributed by atoms with E-state index in [0.717, 1.165) is 28.3 Å². The average Bonchev–Trinajstić information content (AvgIpc) is 3.28. The second-order valence-electron chi connectivity index (χ2n) is 6.49. The molecule has 0 atom stereocenters. The molecule has 1 aromatic heterocycles. The number of hydrogen-bond donors (Lipinski definition) is 0. The van der Waals surface area contributed by atoms with Crippen molar-refractivity contribution in [2.75, 3.05) is 6.79 Å². The van der Waals surface area contributed by atoms with E-state index in [1.807, 2.05) is 19.1 Å². The van der Waals surface area contributed by atoms with E-state index >= 15 is 0 Å². The van der Waals surface area contributed by atoms with Gasteiger partial charge in [-0.1, -0.05) is 6.92 Å². The Morgan fingerprint density at radius 3 is 2.61 bits per heavy atom. The molecule has 0 aliphatic carbocycles. The summed E-state index contributed by atoms with van der Waals surface area (Å²) < 4.78 is 12.8. The minimum absolute atomic E-state index is 0.0307. The summed E-state index contributed by atoms with van der Waals surface area (Å²) in [5.41, 5.74) is 3.33. The zero-order valence-corrected chi connectivity index (χ0v) is 15.0. The second-order valence-corrected chi connectivity index (χ2v) is 6.49. The maximum Gasteiger partial charge on any atom is 0.269 e. The molecule has 0 bridgehead atoms. The molecule has 2 aromatic carbocycles. The second kappa shape index (κ2) is 6.15. The van der Waals surface area contributed by atoms with Gasteiger partial charge in [-0.05, 0) is 29.8 Å². The van der Waals surface area contributed by atoms with E-state index in [1.165, 1.54) is 12.1 Å². The van der Waals surface area contributed by atoms with Gasteiger partial charge in [-0.2, -0.15) is 5.10 Å². The number of ether oxygens (including phenoxy) is 2. The average molecular weight is 377 g/mol. The lowest BCUT2D eigenvalue weighted by molar-refractivity contribution is -0.384. The van der Waals surface area contributed by atoms with Crippen molar-refractivity contribution in [1.82, 2.24) is 14.9 Å². The van der Waals surface area contributed by atoms with Crippen LogP contribution in [0.15, 0.2) is 41.5 Å². The molecule has 0 radical (unpaired) electrons. The summed E-state index contributed by atoms with van der Waals surface area (Å²) in [6.45, 7) is 2.17. The fraction of sp³-hybridized carbons (Fsp3) is 0.211. The van der Waals surface area contributed by atoms with Gasteiger partial charge in [0, 0.05) is 36.1 Å². The Labute approximate surface area is 159 Å². The standard InChI is InChI=1S/C19H15N5O4/c1-2-17-20-21-18-8-12-7-15-16(28-10-27-15)9-14(12)19(22-23(17)18)11-3-5-13(6-4-11)24(25)26/h3-7,9H,2,8,10H2,1H3. The van der Waals surface area contributed by atoms with Crippen molar-refractivity contribution in [3.8, 4) is 11.5 Å². The fourth-order valence-corrected chi connectivity index (χ4v) is 3.42. The molecule has 0 amide bonds. The largest absolute Gasteiger partial charge is 0.454 e. The lowest BCUT2D eigenvalue weighted by atomic mass is 9.95. The highest BCUT2D eigenvalue weighted by atomic mass is 16.7. The highest BCUT2D eigenvalue weighted by Crippen LogP contribution is 2.37. The first-order valence-electron chi connectivity index (χ1n) is 8.84. The first-order chi connectivity index (χ1) is 13.6. The maximum absolute atomic E-state index is 11.0. The Bertz CT molecular complexity index is 1130. The molecular weight excluding hydrogens is 362 g/mol. The van der Waals surface area contributed by atoms with Gasteiger partial charge in [0.1, 0.15) is 0 Å². The molecule has 5 rings (SSSR count). The summed E-state index contributed by atoms with van der Waals surface area (Å²) in [5.74, 6) is 2.82. The van der Waals surface area contributed by atoms with E-state index in [0.29, 0.717) is 30.1 Å². The van der Waals surface area contributed by atoms with E-state index in [1.54, 1.807) is 16.8 Å². The Kier molecular flexibility index (Phi) is 3.61. The van der Waals surface area contributed by atoms with Crippen LogP contribution in [0, 0.1) is 10.1 Å². The van der Waals surface area contributed by atoms with Crippen LogP contribution in [-0.4, -0.2) is 32.3 Å². The number of aryl methyl sites for hydroxylation is 1.